The first kappa shape index (κ1) is 16.3. The molecule has 0 fully saturated rings. The average molecular weight is 320 g/mol. The van der Waals surface area contributed by atoms with Crippen molar-refractivity contribution in [1.82, 2.24) is 5.32 Å². The van der Waals surface area contributed by atoms with Crippen molar-refractivity contribution in [2.75, 3.05) is 13.2 Å². The predicted octanol–water partition coefficient (Wildman–Crippen LogP) is 2.96. The molecule has 0 bridgehead atoms. The molecule has 22 heavy (non-hydrogen) atoms. The van der Waals surface area contributed by atoms with Gasteiger partial charge in [-0.15, -0.1) is 0 Å². The van der Waals surface area contributed by atoms with Gasteiger partial charge in [-0.05, 0) is 36.2 Å². The van der Waals surface area contributed by atoms with E-state index in [0.29, 0.717) is 17.2 Å². The summed E-state index contributed by atoms with van der Waals surface area (Å²) in [5, 5.41) is 12.6. The molecule has 5 heteroatoms. The maximum Gasteiger partial charge on any atom is 0.258 e. The van der Waals surface area contributed by atoms with Crippen LogP contribution in [0.5, 0.6) is 5.75 Å². The van der Waals surface area contributed by atoms with Gasteiger partial charge in [-0.3, -0.25) is 4.79 Å². The molecule has 2 aromatic rings. The Hall–Kier alpha value is -2.04. The smallest absolute Gasteiger partial charge is 0.258 e. The molecular formula is C17H18ClNO3. The highest BCUT2D eigenvalue weighted by Gasteiger charge is 2.14. The molecule has 0 heterocycles. The number of halogens is 1. The van der Waals surface area contributed by atoms with Gasteiger partial charge in [0.2, 0.25) is 0 Å². The fourth-order valence-corrected chi connectivity index (χ4v) is 2.18. The number of amides is 1. The largest absolute Gasteiger partial charge is 0.484 e. The van der Waals surface area contributed by atoms with Gasteiger partial charge in [0.05, 0.1) is 6.04 Å². The standard InChI is InChI=1S/C17H18ClNO3/c18-14-6-8-15(9-7-14)22-12-17(21)19-16(10-11-20)13-4-2-1-3-5-13/h1-9,16,20H,10-12H2,(H,19,21). The Morgan fingerprint density at radius 1 is 1.14 bits per heavy atom. The molecule has 2 rings (SSSR count). The van der Waals surface area contributed by atoms with Crippen LogP contribution in [0.25, 0.3) is 0 Å². The van der Waals surface area contributed by atoms with E-state index in [1.165, 1.54) is 0 Å². The number of nitrogens with one attached hydrogen (secondary N) is 1. The molecule has 2 N–H and O–H groups in total. The third-order valence-electron chi connectivity index (χ3n) is 3.14. The molecule has 0 saturated carbocycles. The summed E-state index contributed by atoms with van der Waals surface area (Å²) in [5.41, 5.74) is 0.955. The zero-order valence-corrected chi connectivity index (χ0v) is 12.8. The summed E-state index contributed by atoms with van der Waals surface area (Å²) in [7, 11) is 0. The molecule has 1 unspecified atom stereocenters. The predicted molar refractivity (Wildman–Crippen MR) is 86.0 cm³/mol. The lowest BCUT2D eigenvalue weighted by Gasteiger charge is -2.18. The first-order chi connectivity index (χ1) is 10.7. The van der Waals surface area contributed by atoms with Gasteiger partial charge >= 0.3 is 0 Å². The van der Waals surface area contributed by atoms with Crippen LogP contribution in [0.15, 0.2) is 54.6 Å². The van der Waals surface area contributed by atoms with Crippen LogP contribution in [0.1, 0.15) is 18.0 Å². The molecule has 0 aliphatic rings. The Morgan fingerprint density at radius 2 is 1.82 bits per heavy atom. The van der Waals surface area contributed by atoms with Crippen molar-refractivity contribution in [1.29, 1.82) is 0 Å². The highest BCUT2D eigenvalue weighted by Crippen LogP contribution is 2.17. The number of ether oxygens (including phenoxy) is 1. The molecule has 116 valence electrons. The van der Waals surface area contributed by atoms with Gasteiger partial charge in [0, 0.05) is 11.6 Å². The summed E-state index contributed by atoms with van der Waals surface area (Å²) in [5.74, 6) is 0.343. The summed E-state index contributed by atoms with van der Waals surface area (Å²) in [6.45, 7) is -0.0890. The summed E-state index contributed by atoms with van der Waals surface area (Å²) >= 11 is 5.79. The second kappa shape index (κ2) is 8.41. The minimum atomic E-state index is -0.239. The lowest BCUT2D eigenvalue weighted by molar-refractivity contribution is -0.123. The topological polar surface area (TPSA) is 58.6 Å². The summed E-state index contributed by atoms with van der Waals surface area (Å²) < 4.78 is 5.40. The van der Waals surface area contributed by atoms with Crippen LogP contribution in [0.4, 0.5) is 0 Å². The Kier molecular flexibility index (Phi) is 6.25. The van der Waals surface area contributed by atoms with Crippen molar-refractivity contribution < 1.29 is 14.6 Å². The molecule has 0 aliphatic heterocycles. The molecule has 4 nitrogen and oxygen atoms in total. The van der Waals surface area contributed by atoms with Crippen LogP contribution in [0.3, 0.4) is 0 Å². The molecule has 0 aliphatic carbocycles. The molecule has 2 aromatic carbocycles. The van der Waals surface area contributed by atoms with E-state index in [-0.39, 0.29) is 25.2 Å². The van der Waals surface area contributed by atoms with E-state index >= 15 is 0 Å². The van der Waals surface area contributed by atoms with Gasteiger partial charge in [-0.25, -0.2) is 0 Å². The average Bonchev–Trinajstić information content (AvgIpc) is 2.55. The minimum Gasteiger partial charge on any atom is -0.484 e. The lowest BCUT2D eigenvalue weighted by atomic mass is 10.0. The zero-order chi connectivity index (χ0) is 15.8. The van der Waals surface area contributed by atoms with E-state index < -0.39 is 0 Å². The Balaban J connectivity index is 1.89. The van der Waals surface area contributed by atoms with Crippen molar-refractivity contribution in [3.05, 3.63) is 65.2 Å². The third kappa shape index (κ3) is 5.06. The Morgan fingerprint density at radius 3 is 2.45 bits per heavy atom. The number of hydrogen-bond donors (Lipinski definition) is 2. The lowest BCUT2D eigenvalue weighted by Crippen LogP contribution is -2.33. The van der Waals surface area contributed by atoms with Crippen molar-refractivity contribution >= 4 is 17.5 Å². The number of benzene rings is 2. The summed E-state index contributed by atoms with van der Waals surface area (Å²) in [6, 6.07) is 16.1. The van der Waals surface area contributed by atoms with Crippen LogP contribution in [-0.2, 0) is 4.79 Å². The molecule has 0 radical (unpaired) electrons. The van der Waals surface area contributed by atoms with Gasteiger partial charge < -0.3 is 15.2 Å². The second-order valence-corrected chi connectivity index (χ2v) is 5.22. The van der Waals surface area contributed by atoms with E-state index in [4.69, 9.17) is 21.4 Å². The minimum absolute atomic E-state index is 0.00210. The number of carbonyl (C=O) groups excluding carboxylic acids is 1. The fraction of sp³-hybridized carbons (Fsp3) is 0.235. The molecule has 0 aromatic heterocycles. The quantitative estimate of drug-likeness (QED) is 0.825. The Labute approximate surface area is 134 Å². The zero-order valence-electron chi connectivity index (χ0n) is 12.0. The van der Waals surface area contributed by atoms with Crippen molar-refractivity contribution in [2.24, 2.45) is 0 Å². The second-order valence-electron chi connectivity index (χ2n) is 4.79. The van der Waals surface area contributed by atoms with E-state index in [2.05, 4.69) is 5.32 Å². The molecule has 0 spiro atoms. The highest BCUT2D eigenvalue weighted by molar-refractivity contribution is 6.30. The van der Waals surface area contributed by atoms with E-state index in [1.54, 1.807) is 24.3 Å². The van der Waals surface area contributed by atoms with Gasteiger partial charge in [-0.2, -0.15) is 0 Å². The van der Waals surface area contributed by atoms with Gasteiger partial charge in [-0.1, -0.05) is 41.9 Å². The first-order valence-corrected chi connectivity index (χ1v) is 7.40. The van der Waals surface area contributed by atoms with Crippen LogP contribution >= 0.6 is 11.6 Å². The van der Waals surface area contributed by atoms with E-state index in [1.807, 2.05) is 30.3 Å². The normalized spacial score (nSPS) is 11.7. The maximum atomic E-state index is 12.0. The first-order valence-electron chi connectivity index (χ1n) is 7.02. The van der Waals surface area contributed by atoms with Gasteiger partial charge in [0.1, 0.15) is 5.75 Å². The van der Waals surface area contributed by atoms with Gasteiger partial charge in [0.25, 0.3) is 5.91 Å². The van der Waals surface area contributed by atoms with Crippen molar-refractivity contribution in [3.8, 4) is 5.75 Å². The van der Waals surface area contributed by atoms with Crippen molar-refractivity contribution in [2.45, 2.75) is 12.5 Å². The SMILES string of the molecule is O=C(COc1ccc(Cl)cc1)NC(CCO)c1ccccc1. The Bertz CT molecular complexity index is 587. The van der Waals surface area contributed by atoms with Crippen LogP contribution in [0.2, 0.25) is 5.02 Å². The number of rotatable bonds is 7. The highest BCUT2D eigenvalue weighted by atomic mass is 35.5. The number of carbonyl (C=O) groups is 1. The summed E-state index contributed by atoms with van der Waals surface area (Å²) in [4.78, 5) is 12.0. The van der Waals surface area contributed by atoms with Gasteiger partial charge in [0.15, 0.2) is 6.61 Å². The molecule has 0 saturated heterocycles. The number of hydrogen-bond acceptors (Lipinski definition) is 3. The van der Waals surface area contributed by atoms with E-state index in [0.717, 1.165) is 5.56 Å². The number of aliphatic hydroxyl groups is 1. The van der Waals surface area contributed by atoms with Crippen LogP contribution < -0.4 is 10.1 Å². The van der Waals surface area contributed by atoms with Crippen LogP contribution in [0, 0.1) is 0 Å². The van der Waals surface area contributed by atoms with Crippen molar-refractivity contribution in [3.63, 3.8) is 0 Å². The summed E-state index contributed by atoms with van der Waals surface area (Å²) in [6.07, 6.45) is 0.455. The number of aliphatic hydroxyl groups excluding tert-OH is 1. The molecule has 1 atom stereocenters. The third-order valence-corrected chi connectivity index (χ3v) is 3.39. The molecule has 1 amide bonds. The fourth-order valence-electron chi connectivity index (χ4n) is 2.05. The van der Waals surface area contributed by atoms with E-state index in [9.17, 15) is 4.79 Å². The maximum absolute atomic E-state index is 12.0. The molecular weight excluding hydrogens is 302 g/mol. The van der Waals surface area contributed by atoms with Crippen LogP contribution in [-0.4, -0.2) is 24.2 Å². The monoisotopic (exact) mass is 319 g/mol.